The number of hydrogen-bond donors (Lipinski definition) is 1. The van der Waals surface area contributed by atoms with Crippen LogP contribution in [0.4, 0.5) is 10.1 Å². The number of nitrogens with zero attached hydrogens (tertiary/aromatic N) is 1. The molecular formula is C25H20BrFN2O3. The predicted octanol–water partition coefficient (Wildman–Crippen LogP) is 6.03. The molecule has 0 radical (unpaired) electrons. The first-order valence-corrected chi connectivity index (χ1v) is 10.4. The van der Waals surface area contributed by atoms with E-state index >= 15 is 0 Å². The Morgan fingerprint density at radius 1 is 1.16 bits per heavy atom. The Labute approximate surface area is 194 Å². The zero-order valence-corrected chi connectivity index (χ0v) is 19.1. The van der Waals surface area contributed by atoms with Crippen LogP contribution in [0.25, 0.3) is 6.08 Å². The van der Waals surface area contributed by atoms with Crippen molar-refractivity contribution in [2.45, 2.75) is 13.5 Å². The third-order valence-corrected chi connectivity index (χ3v) is 5.23. The van der Waals surface area contributed by atoms with Crippen molar-refractivity contribution in [1.29, 1.82) is 5.26 Å². The number of hydrogen-bond acceptors (Lipinski definition) is 4. The highest BCUT2D eigenvalue weighted by atomic mass is 79.9. The number of carbonyl (C=O) groups excluding carboxylic acids is 1. The molecule has 0 unspecified atom stereocenters. The summed E-state index contributed by atoms with van der Waals surface area (Å²) in [5.41, 5.74) is 2.49. The van der Waals surface area contributed by atoms with Gasteiger partial charge < -0.3 is 14.8 Å². The van der Waals surface area contributed by atoms with Crippen LogP contribution in [0.3, 0.4) is 0 Å². The zero-order valence-electron chi connectivity index (χ0n) is 17.5. The van der Waals surface area contributed by atoms with Crippen LogP contribution >= 0.6 is 15.9 Å². The first-order chi connectivity index (χ1) is 15.4. The Morgan fingerprint density at radius 3 is 2.62 bits per heavy atom. The van der Waals surface area contributed by atoms with Gasteiger partial charge in [-0.05, 0) is 48.4 Å². The van der Waals surface area contributed by atoms with Crippen LogP contribution in [0.15, 0.2) is 70.7 Å². The lowest BCUT2D eigenvalue weighted by Crippen LogP contribution is -2.14. The molecule has 0 atom stereocenters. The Bertz CT molecular complexity index is 1220. The second kappa shape index (κ2) is 10.6. The molecule has 0 bridgehead atoms. The van der Waals surface area contributed by atoms with Crippen molar-refractivity contribution in [3.63, 3.8) is 0 Å². The van der Waals surface area contributed by atoms with Gasteiger partial charge in [0.2, 0.25) is 0 Å². The fourth-order valence-electron chi connectivity index (χ4n) is 2.95. The second-order valence-electron chi connectivity index (χ2n) is 6.91. The van der Waals surface area contributed by atoms with E-state index in [1.54, 1.807) is 18.2 Å². The lowest BCUT2D eigenvalue weighted by atomic mass is 10.1. The van der Waals surface area contributed by atoms with E-state index in [2.05, 4.69) is 21.2 Å². The quantitative estimate of drug-likeness (QED) is 0.321. The Morgan fingerprint density at radius 2 is 1.94 bits per heavy atom. The number of carbonyl (C=O) groups is 1. The zero-order chi connectivity index (χ0) is 23.1. The van der Waals surface area contributed by atoms with Crippen LogP contribution < -0.4 is 14.8 Å². The van der Waals surface area contributed by atoms with E-state index in [9.17, 15) is 14.4 Å². The van der Waals surface area contributed by atoms with E-state index in [4.69, 9.17) is 9.47 Å². The molecule has 3 aromatic carbocycles. The lowest BCUT2D eigenvalue weighted by molar-refractivity contribution is -0.112. The van der Waals surface area contributed by atoms with Gasteiger partial charge in [0.15, 0.2) is 11.5 Å². The van der Waals surface area contributed by atoms with Crippen molar-refractivity contribution < 1.29 is 18.7 Å². The minimum absolute atomic E-state index is 0.00445. The van der Waals surface area contributed by atoms with Crippen molar-refractivity contribution in [3.05, 3.63) is 93.2 Å². The standard InChI is InChI=1S/C25H20BrFN2O3/c1-16-6-5-7-17(10-16)15-32-24-13-20(26)18(12-23(24)31-2)11-19(14-28)25(30)29-22-9-4-3-8-21(22)27/h3-13H,15H2,1-2H3,(H,29,30)/b19-11-. The van der Waals surface area contributed by atoms with Gasteiger partial charge in [0, 0.05) is 4.47 Å². The number of amides is 1. The highest BCUT2D eigenvalue weighted by Gasteiger charge is 2.15. The smallest absolute Gasteiger partial charge is 0.266 e. The molecule has 3 rings (SSSR count). The first-order valence-electron chi connectivity index (χ1n) is 9.65. The van der Waals surface area contributed by atoms with Gasteiger partial charge in [0.1, 0.15) is 24.1 Å². The average molecular weight is 495 g/mol. The number of nitriles is 1. The summed E-state index contributed by atoms with van der Waals surface area (Å²) >= 11 is 3.45. The normalized spacial score (nSPS) is 10.9. The molecule has 0 spiro atoms. The molecule has 7 heteroatoms. The largest absolute Gasteiger partial charge is 0.493 e. The molecule has 5 nitrogen and oxygen atoms in total. The van der Waals surface area contributed by atoms with Crippen molar-refractivity contribution in [3.8, 4) is 17.6 Å². The first kappa shape index (κ1) is 23.0. The van der Waals surface area contributed by atoms with Crippen molar-refractivity contribution in [2.75, 3.05) is 12.4 Å². The molecule has 0 aliphatic carbocycles. The van der Waals surface area contributed by atoms with E-state index < -0.39 is 11.7 Å². The molecule has 0 aliphatic heterocycles. The van der Waals surface area contributed by atoms with Crippen LogP contribution in [0.5, 0.6) is 11.5 Å². The molecule has 1 N–H and O–H groups in total. The molecule has 0 saturated carbocycles. The average Bonchev–Trinajstić information content (AvgIpc) is 2.78. The van der Waals surface area contributed by atoms with Gasteiger partial charge in [-0.1, -0.05) is 57.9 Å². The predicted molar refractivity (Wildman–Crippen MR) is 125 cm³/mol. The molecule has 162 valence electrons. The molecule has 3 aromatic rings. The molecule has 1 amide bonds. The Hall–Kier alpha value is -3.63. The van der Waals surface area contributed by atoms with Crippen molar-refractivity contribution >= 4 is 33.6 Å². The minimum Gasteiger partial charge on any atom is -0.493 e. The number of rotatable bonds is 7. The maximum Gasteiger partial charge on any atom is 0.266 e. The summed E-state index contributed by atoms with van der Waals surface area (Å²) in [6.07, 6.45) is 1.40. The molecule has 0 aliphatic rings. The van der Waals surface area contributed by atoms with Crippen LogP contribution in [0, 0.1) is 24.1 Å². The number of ether oxygens (including phenoxy) is 2. The van der Waals surface area contributed by atoms with Crippen LogP contribution in [0.1, 0.15) is 16.7 Å². The topological polar surface area (TPSA) is 71.3 Å². The monoisotopic (exact) mass is 494 g/mol. The summed E-state index contributed by atoms with van der Waals surface area (Å²) in [6.45, 7) is 2.37. The van der Waals surface area contributed by atoms with Gasteiger partial charge >= 0.3 is 0 Å². The number of halogens is 2. The third-order valence-electron chi connectivity index (χ3n) is 4.55. The van der Waals surface area contributed by atoms with Crippen LogP contribution in [-0.2, 0) is 11.4 Å². The van der Waals surface area contributed by atoms with E-state index in [0.29, 0.717) is 28.1 Å². The summed E-state index contributed by atoms with van der Waals surface area (Å²) in [5.74, 6) is -0.356. The van der Waals surface area contributed by atoms with Gasteiger partial charge in [-0.3, -0.25) is 4.79 Å². The highest BCUT2D eigenvalue weighted by Crippen LogP contribution is 2.35. The van der Waals surface area contributed by atoms with Crippen LogP contribution in [0.2, 0.25) is 0 Å². The maximum absolute atomic E-state index is 13.8. The summed E-state index contributed by atoms with van der Waals surface area (Å²) < 4.78 is 25.8. The Balaban J connectivity index is 1.83. The molecular weight excluding hydrogens is 475 g/mol. The number of anilines is 1. The third kappa shape index (κ3) is 5.74. The van der Waals surface area contributed by atoms with E-state index in [1.165, 1.54) is 31.4 Å². The Kier molecular flexibility index (Phi) is 7.63. The maximum atomic E-state index is 13.8. The SMILES string of the molecule is COc1cc(/C=C(/C#N)C(=O)Nc2ccccc2F)c(Br)cc1OCc1cccc(C)c1. The second-order valence-corrected chi connectivity index (χ2v) is 7.76. The summed E-state index contributed by atoms with van der Waals surface area (Å²) in [6, 6.07) is 18.9. The molecule has 0 aromatic heterocycles. The van der Waals surface area contributed by atoms with Gasteiger partial charge in [0.25, 0.3) is 5.91 Å². The van der Waals surface area contributed by atoms with Crippen molar-refractivity contribution in [1.82, 2.24) is 0 Å². The molecule has 0 fully saturated rings. The number of nitrogens with one attached hydrogen (secondary N) is 1. The van der Waals surface area contributed by atoms with E-state index in [-0.39, 0.29) is 11.3 Å². The van der Waals surface area contributed by atoms with E-state index in [1.807, 2.05) is 37.3 Å². The number of methoxy groups -OCH3 is 1. The minimum atomic E-state index is -0.719. The van der Waals surface area contributed by atoms with Gasteiger partial charge in [0.05, 0.1) is 12.8 Å². The number of benzene rings is 3. The molecule has 32 heavy (non-hydrogen) atoms. The summed E-state index contributed by atoms with van der Waals surface area (Å²) in [5, 5.41) is 11.9. The number of para-hydroxylation sites is 1. The molecule has 0 heterocycles. The van der Waals surface area contributed by atoms with Crippen LogP contribution in [-0.4, -0.2) is 13.0 Å². The lowest BCUT2D eigenvalue weighted by Gasteiger charge is -2.13. The van der Waals surface area contributed by atoms with Gasteiger partial charge in [-0.15, -0.1) is 0 Å². The number of aryl methyl sites for hydroxylation is 1. The van der Waals surface area contributed by atoms with Gasteiger partial charge in [-0.2, -0.15) is 5.26 Å². The highest BCUT2D eigenvalue weighted by molar-refractivity contribution is 9.10. The summed E-state index contributed by atoms with van der Waals surface area (Å²) in [7, 11) is 1.51. The summed E-state index contributed by atoms with van der Waals surface area (Å²) in [4.78, 5) is 12.5. The van der Waals surface area contributed by atoms with Crippen molar-refractivity contribution in [2.24, 2.45) is 0 Å². The molecule has 0 saturated heterocycles. The van der Waals surface area contributed by atoms with E-state index in [0.717, 1.165) is 11.1 Å². The fraction of sp³-hybridized carbons (Fsp3) is 0.120. The fourth-order valence-corrected chi connectivity index (χ4v) is 3.39. The van der Waals surface area contributed by atoms with Gasteiger partial charge in [-0.25, -0.2) is 4.39 Å².